The molecule has 0 saturated carbocycles. The molecule has 1 rings (SSSR count). The molecule has 1 aromatic rings. The van der Waals surface area contributed by atoms with E-state index in [0.717, 1.165) is 6.07 Å². The molecule has 1 aromatic carbocycles. The van der Waals surface area contributed by atoms with E-state index in [2.05, 4.69) is 9.89 Å². The van der Waals surface area contributed by atoms with Crippen LogP contribution in [0, 0.1) is 5.82 Å². The van der Waals surface area contributed by atoms with E-state index in [9.17, 15) is 30.7 Å². The van der Waals surface area contributed by atoms with Crippen LogP contribution in [0.15, 0.2) is 23.4 Å². The number of hydrogen-bond donors (Lipinski definition) is 2. The van der Waals surface area contributed by atoms with E-state index >= 15 is 0 Å². The molecule has 0 fully saturated rings. The van der Waals surface area contributed by atoms with Crippen LogP contribution in [0.4, 0.5) is 30.7 Å². The molecule has 0 saturated heterocycles. The average molecular weight is 320 g/mol. The van der Waals surface area contributed by atoms with Crippen molar-refractivity contribution in [2.45, 2.75) is 18.5 Å². The Balaban J connectivity index is 3.12. The number of nitrogens with zero attached hydrogens (tertiary/aromatic N) is 1. The van der Waals surface area contributed by atoms with Crippen molar-refractivity contribution in [2.24, 2.45) is 10.9 Å². The fourth-order valence-electron chi connectivity index (χ4n) is 1.26. The van der Waals surface area contributed by atoms with Crippen LogP contribution in [0.1, 0.15) is 5.56 Å². The first kappa shape index (κ1) is 16.9. The smallest absolute Gasteiger partial charge is 0.434 e. The molecule has 0 aliphatic rings. The molecule has 0 heterocycles. The Labute approximate surface area is 112 Å². The minimum atomic E-state index is -5.77. The van der Waals surface area contributed by atoms with Crippen LogP contribution in [-0.4, -0.2) is 29.5 Å². The summed E-state index contributed by atoms with van der Waals surface area (Å²) in [5.41, 5.74) is 4.83. The van der Waals surface area contributed by atoms with Gasteiger partial charge in [-0.2, -0.15) is 26.3 Å². The Hall–Kier alpha value is -2.20. The molecule has 0 aromatic heterocycles. The molecule has 4 nitrogen and oxygen atoms in total. The standard InChI is InChI=1S/C10H7F7N2O2/c11-5-3-4(7(18)19-20)1-2-6(5)21-8(9(12,13)14)10(15,16)17/h1-3,8,20H,(H2,18,19). The number of hydrogen-bond acceptors (Lipinski definition) is 3. The lowest BCUT2D eigenvalue weighted by atomic mass is 10.2. The van der Waals surface area contributed by atoms with Crippen LogP contribution in [0.5, 0.6) is 5.75 Å². The van der Waals surface area contributed by atoms with Gasteiger partial charge in [-0.25, -0.2) is 4.39 Å². The first-order valence-electron chi connectivity index (χ1n) is 5.04. The third-order valence-corrected chi connectivity index (χ3v) is 2.17. The van der Waals surface area contributed by atoms with Crippen molar-refractivity contribution >= 4 is 5.84 Å². The molecule has 3 N–H and O–H groups in total. The summed E-state index contributed by atoms with van der Waals surface area (Å²) < 4.78 is 90.6. The van der Waals surface area contributed by atoms with Crippen LogP contribution < -0.4 is 10.5 Å². The predicted octanol–water partition coefficient (Wildman–Crippen LogP) is 2.79. The topological polar surface area (TPSA) is 67.8 Å². The van der Waals surface area contributed by atoms with Crippen molar-refractivity contribution in [3.63, 3.8) is 0 Å². The van der Waals surface area contributed by atoms with Gasteiger partial charge in [-0.15, -0.1) is 0 Å². The lowest BCUT2D eigenvalue weighted by Crippen LogP contribution is -2.46. The van der Waals surface area contributed by atoms with Crippen LogP contribution in [0.25, 0.3) is 0 Å². The zero-order chi connectivity index (χ0) is 16.4. The van der Waals surface area contributed by atoms with E-state index in [-0.39, 0.29) is 5.56 Å². The second-order valence-corrected chi connectivity index (χ2v) is 3.71. The fourth-order valence-corrected chi connectivity index (χ4v) is 1.26. The molecule has 21 heavy (non-hydrogen) atoms. The monoisotopic (exact) mass is 320 g/mol. The van der Waals surface area contributed by atoms with Crippen LogP contribution in [0.2, 0.25) is 0 Å². The van der Waals surface area contributed by atoms with Crippen molar-refractivity contribution in [1.29, 1.82) is 0 Å². The molecule has 0 bridgehead atoms. The molecular weight excluding hydrogens is 313 g/mol. The number of oxime groups is 1. The maximum atomic E-state index is 13.4. The highest BCUT2D eigenvalue weighted by atomic mass is 19.4. The minimum absolute atomic E-state index is 0.252. The van der Waals surface area contributed by atoms with E-state index in [1.807, 2.05) is 0 Å². The Kier molecular flexibility index (Phi) is 4.54. The highest BCUT2D eigenvalue weighted by Gasteiger charge is 2.59. The van der Waals surface area contributed by atoms with Gasteiger partial charge >= 0.3 is 12.4 Å². The van der Waals surface area contributed by atoms with Crippen LogP contribution in [-0.2, 0) is 0 Å². The zero-order valence-electron chi connectivity index (χ0n) is 9.84. The summed E-state index contributed by atoms with van der Waals surface area (Å²) in [6, 6.07) is 1.80. The number of amidine groups is 1. The predicted molar refractivity (Wildman–Crippen MR) is 55.4 cm³/mol. The van der Waals surface area contributed by atoms with Gasteiger partial charge in [0.05, 0.1) is 0 Å². The van der Waals surface area contributed by atoms with Gasteiger partial charge in [0.15, 0.2) is 17.4 Å². The molecule has 0 unspecified atom stereocenters. The Bertz CT molecular complexity index is 525. The Morgan fingerprint density at radius 1 is 1.14 bits per heavy atom. The first-order valence-corrected chi connectivity index (χ1v) is 5.04. The second kappa shape index (κ2) is 5.66. The number of nitrogens with two attached hydrogens (primary N) is 1. The van der Waals surface area contributed by atoms with Gasteiger partial charge in [-0.05, 0) is 18.2 Å². The largest absolute Gasteiger partial charge is 0.468 e. The molecule has 0 aliphatic heterocycles. The molecule has 0 aliphatic carbocycles. The van der Waals surface area contributed by atoms with E-state index in [4.69, 9.17) is 10.9 Å². The highest BCUT2D eigenvalue weighted by molar-refractivity contribution is 5.97. The lowest BCUT2D eigenvalue weighted by Gasteiger charge is -2.24. The molecule has 0 atom stereocenters. The van der Waals surface area contributed by atoms with Crippen molar-refractivity contribution in [3.05, 3.63) is 29.6 Å². The number of halogens is 7. The Morgan fingerprint density at radius 3 is 2.05 bits per heavy atom. The summed E-state index contributed by atoms with van der Waals surface area (Å²) >= 11 is 0. The summed E-state index contributed by atoms with van der Waals surface area (Å²) in [5.74, 6) is -3.38. The number of alkyl halides is 6. The quantitative estimate of drug-likeness (QED) is 0.296. The van der Waals surface area contributed by atoms with Gasteiger partial charge in [0.25, 0.3) is 6.10 Å². The van der Waals surface area contributed by atoms with E-state index in [1.165, 1.54) is 0 Å². The third-order valence-electron chi connectivity index (χ3n) is 2.17. The SMILES string of the molecule is N/C(=N/O)c1ccc(OC(C(F)(F)F)C(F)(F)F)c(F)c1. The first-order chi connectivity index (χ1) is 9.46. The van der Waals surface area contributed by atoms with E-state index in [0.29, 0.717) is 12.1 Å². The molecule has 118 valence electrons. The normalized spacial score (nSPS) is 13.6. The molecule has 0 spiro atoms. The van der Waals surface area contributed by atoms with Crippen molar-refractivity contribution in [3.8, 4) is 5.75 Å². The zero-order valence-corrected chi connectivity index (χ0v) is 9.84. The van der Waals surface area contributed by atoms with Crippen molar-refractivity contribution in [1.82, 2.24) is 0 Å². The average Bonchev–Trinajstić information content (AvgIpc) is 2.33. The molecule has 11 heteroatoms. The summed E-state index contributed by atoms with van der Waals surface area (Å²) in [5, 5.41) is 10.8. The van der Waals surface area contributed by atoms with Gasteiger partial charge in [0.1, 0.15) is 0 Å². The summed E-state index contributed by atoms with van der Waals surface area (Å²) in [7, 11) is 0. The van der Waals surface area contributed by atoms with Crippen molar-refractivity contribution < 1.29 is 40.7 Å². The fraction of sp³-hybridized carbons (Fsp3) is 0.300. The van der Waals surface area contributed by atoms with Gasteiger partial charge in [-0.1, -0.05) is 5.16 Å². The second-order valence-electron chi connectivity index (χ2n) is 3.71. The number of benzene rings is 1. The minimum Gasteiger partial charge on any atom is -0.468 e. The Morgan fingerprint density at radius 2 is 1.67 bits per heavy atom. The number of ether oxygens (including phenoxy) is 1. The summed E-state index contributed by atoms with van der Waals surface area (Å²) in [6.45, 7) is 0. The van der Waals surface area contributed by atoms with Gasteiger partial charge in [-0.3, -0.25) is 0 Å². The summed E-state index contributed by atoms with van der Waals surface area (Å²) in [4.78, 5) is 0. The van der Waals surface area contributed by atoms with Crippen molar-refractivity contribution in [2.75, 3.05) is 0 Å². The molecule has 0 amide bonds. The maximum absolute atomic E-state index is 13.4. The van der Waals surface area contributed by atoms with E-state index in [1.54, 1.807) is 0 Å². The van der Waals surface area contributed by atoms with Gasteiger partial charge < -0.3 is 15.7 Å². The molecular formula is C10H7F7N2O2. The lowest BCUT2D eigenvalue weighted by molar-refractivity contribution is -0.300. The van der Waals surface area contributed by atoms with Crippen LogP contribution >= 0.6 is 0 Å². The van der Waals surface area contributed by atoms with Gasteiger partial charge in [0.2, 0.25) is 0 Å². The van der Waals surface area contributed by atoms with Gasteiger partial charge in [0, 0.05) is 5.56 Å². The number of rotatable bonds is 3. The summed E-state index contributed by atoms with van der Waals surface area (Å²) in [6.07, 6.45) is -15.7. The maximum Gasteiger partial charge on any atom is 0.434 e. The third kappa shape index (κ3) is 4.13. The molecule has 0 radical (unpaired) electrons. The highest BCUT2D eigenvalue weighted by Crippen LogP contribution is 2.37. The van der Waals surface area contributed by atoms with E-state index < -0.39 is 35.9 Å². The van der Waals surface area contributed by atoms with Crippen LogP contribution in [0.3, 0.4) is 0 Å².